The van der Waals surface area contributed by atoms with Crippen LogP contribution < -0.4 is 5.56 Å². The Labute approximate surface area is 192 Å². The zero-order valence-electron chi connectivity index (χ0n) is 16.8. The van der Waals surface area contributed by atoms with Crippen LogP contribution in [0.5, 0.6) is 0 Å². The topological polar surface area (TPSA) is 73.8 Å². The van der Waals surface area contributed by atoms with E-state index in [0.29, 0.717) is 50.7 Å². The molecule has 0 amide bonds. The fraction of sp³-hybridized carbons (Fsp3) is 0.0833. The van der Waals surface area contributed by atoms with Gasteiger partial charge in [0.2, 0.25) is 11.7 Å². The molecule has 0 fully saturated rings. The van der Waals surface area contributed by atoms with E-state index in [9.17, 15) is 4.79 Å². The van der Waals surface area contributed by atoms with E-state index in [1.165, 1.54) is 11.8 Å². The molecule has 5 rings (SSSR count). The summed E-state index contributed by atoms with van der Waals surface area (Å²) in [4.78, 5) is 22.4. The molecule has 2 heterocycles. The van der Waals surface area contributed by atoms with Gasteiger partial charge in [0.05, 0.1) is 28.2 Å². The molecule has 2 aromatic heterocycles. The van der Waals surface area contributed by atoms with Crippen molar-refractivity contribution < 1.29 is 4.52 Å². The summed E-state index contributed by atoms with van der Waals surface area (Å²) in [5.74, 6) is 1.23. The zero-order chi connectivity index (χ0) is 21.9. The van der Waals surface area contributed by atoms with Gasteiger partial charge in [-0.1, -0.05) is 83.1 Å². The van der Waals surface area contributed by atoms with E-state index in [0.717, 1.165) is 5.56 Å². The van der Waals surface area contributed by atoms with Crippen LogP contribution in [-0.2, 0) is 12.3 Å². The van der Waals surface area contributed by atoms with E-state index in [1.807, 2.05) is 66.7 Å². The van der Waals surface area contributed by atoms with Crippen molar-refractivity contribution in [2.45, 2.75) is 17.5 Å². The number of halogens is 1. The fourth-order valence-electron chi connectivity index (χ4n) is 3.35. The molecule has 0 saturated carbocycles. The number of hydrogen-bond acceptors (Lipinski definition) is 6. The lowest BCUT2D eigenvalue weighted by atomic mass is 10.2. The summed E-state index contributed by atoms with van der Waals surface area (Å²) in [6, 6.07) is 24.5. The average molecular weight is 461 g/mol. The molecule has 158 valence electrons. The van der Waals surface area contributed by atoms with Gasteiger partial charge in [-0.25, -0.2) is 4.98 Å². The van der Waals surface area contributed by atoms with Crippen LogP contribution in [0.4, 0.5) is 0 Å². The summed E-state index contributed by atoms with van der Waals surface area (Å²) in [5, 5.41) is 5.78. The highest BCUT2D eigenvalue weighted by atomic mass is 35.5. The summed E-state index contributed by atoms with van der Waals surface area (Å²) in [6.45, 7) is 0.425. The molecular weight excluding hydrogens is 444 g/mol. The van der Waals surface area contributed by atoms with Gasteiger partial charge < -0.3 is 4.52 Å². The van der Waals surface area contributed by atoms with Crippen molar-refractivity contribution in [1.82, 2.24) is 19.7 Å². The molecular formula is C24H17ClN4O2S. The van der Waals surface area contributed by atoms with Gasteiger partial charge in [-0.15, -0.1) is 0 Å². The van der Waals surface area contributed by atoms with Gasteiger partial charge in [0.15, 0.2) is 5.16 Å². The first-order valence-corrected chi connectivity index (χ1v) is 11.3. The third-order valence-corrected chi connectivity index (χ3v) is 6.21. The molecule has 0 aliphatic carbocycles. The number of rotatable bonds is 6. The van der Waals surface area contributed by atoms with E-state index < -0.39 is 0 Å². The minimum atomic E-state index is -0.0794. The van der Waals surface area contributed by atoms with Gasteiger partial charge in [0.1, 0.15) is 0 Å². The molecule has 0 atom stereocenters. The minimum absolute atomic E-state index is 0.0794. The molecule has 0 aliphatic rings. The smallest absolute Gasteiger partial charge is 0.262 e. The van der Waals surface area contributed by atoms with Crippen LogP contribution in [0, 0.1) is 0 Å². The van der Waals surface area contributed by atoms with Crippen LogP contribution in [0.25, 0.3) is 22.3 Å². The largest absolute Gasteiger partial charge is 0.338 e. The van der Waals surface area contributed by atoms with Gasteiger partial charge in [-0.05, 0) is 29.8 Å². The number of thioether (sulfide) groups is 1. The SMILES string of the molecule is O=c1c2ccccc2nc(SCc2nc(-c3ccccc3Cl)no2)n1Cc1ccccc1. The Kier molecular flexibility index (Phi) is 5.75. The van der Waals surface area contributed by atoms with E-state index in [4.69, 9.17) is 21.1 Å². The Hall–Kier alpha value is -3.42. The Morgan fingerprint density at radius 3 is 2.50 bits per heavy atom. The van der Waals surface area contributed by atoms with Crippen molar-refractivity contribution in [2.24, 2.45) is 0 Å². The predicted molar refractivity (Wildman–Crippen MR) is 126 cm³/mol. The predicted octanol–water partition coefficient (Wildman–Crippen LogP) is 5.44. The number of nitrogens with zero attached hydrogens (tertiary/aromatic N) is 4. The van der Waals surface area contributed by atoms with Crippen molar-refractivity contribution in [3.63, 3.8) is 0 Å². The molecule has 0 aliphatic heterocycles. The van der Waals surface area contributed by atoms with Crippen LogP contribution >= 0.6 is 23.4 Å². The molecule has 0 radical (unpaired) electrons. The van der Waals surface area contributed by atoms with Crippen LogP contribution in [0.1, 0.15) is 11.5 Å². The highest BCUT2D eigenvalue weighted by Gasteiger charge is 2.15. The molecule has 5 aromatic rings. The normalized spacial score (nSPS) is 11.2. The molecule has 3 aromatic carbocycles. The molecule has 0 bridgehead atoms. The average Bonchev–Trinajstić information content (AvgIpc) is 3.29. The summed E-state index contributed by atoms with van der Waals surface area (Å²) in [7, 11) is 0. The van der Waals surface area contributed by atoms with Crippen LogP contribution in [0.2, 0.25) is 5.02 Å². The first kappa shape index (κ1) is 20.5. The maximum atomic E-state index is 13.2. The summed E-state index contributed by atoms with van der Waals surface area (Å²) in [6.07, 6.45) is 0. The molecule has 0 saturated heterocycles. The Balaban J connectivity index is 1.47. The van der Waals surface area contributed by atoms with Crippen LogP contribution in [0.15, 0.2) is 93.3 Å². The second-order valence-electron chi connectivity index (χ2n) is 7.07. The standard InChI is InChI=1S/C24H17ClN4O2S/c25-19-12-6-4-10-17(19)22-27-21(31-28-22)15-32-24-26-20-13-7-5-11-18(20)23(30)29(24)14-16-8-2-1-3-9-16/h1-13H,14-15H2. The van der Waals surface area contributed by atoms with Crippen molar-refractivity contribution in [3.8, 4) is 11.4 Å². The van der Waals surface area contributed by atoms with E-state index in [2.05, 4.69) is 10.1 Å². The highest BCUT2D eigenvalue weighted by Crippen LogP contribution is 2.27. The van der Waals surface area contributed by atoms with E-state index in [1.54, 1.807) is 16.7 Å². The molecule has 8 heteroatoms. The van der Waals surface area contributed by atoms with Crippen molar-refractivity contribution in [1.29, 1.82) is 0 Å². The third-order valence-electron chi connectivity index (χ3n) is 4.92. The fourth-order valence-corrected chi connectivity index (χ4v) is 4.41. The maximum Gasteiger partial charge on any atom is 0.262 e. The molecule has 32 heavy (non-hydrogen) atoms. The van der Waals surface area contributed by atoms with Gasteiger partial charge >= 0.3 is 0 Å². The number of fused-ring (bicyclic) bond motifs is 1. The lowest BCUT2D eigenvalue weighted by molar-refractivity contribution is 0.391. The highest BCUT2D eigenvalue weighted by molar-refractivity contribution is 7.98. The minimum Gasteiger partial charge on any atom is -0.338 e. The van der Waals surface area contributed by atoms with Gasteiger partial charge in [-0.3, -0.25) is 9.36 Å². The molecule has 0 N–H and O–H groups in total. The zero-order valence-corrected chi connectivity index (χ0v) is 18.4. The van der Waals surface area contributed by atoms with Crippen molar-refractivity contribution in [3.05, 3.63) is 106 Å². The molecule has 0 unspecified atom stereocenters. The molecule has 6 nitrogen and oxygen atoms in total. The number of hydrogen-bond donors (Lipinski definition) is 0. The first-order chi connectivity index (χ1) is 15.7. The maximum absolute atomic E-state index is 13.2. The summed E-state index contributed by atoms with van der Waals surface area (Å²) < 4.78 is 7.10. The Bertz CT molecular complexity index is 1450. The number of para-hydroxylation sites is 1. The Morgan fingerprint density at radius 2 is 1.66 bits per heavy atom. The van der Waals surface area contributed by atoms with Crippen LogP contribution in [0.3, 0.4) is 0 Å². The van der Waals surface area contributed by atoms with Gasteiger partial charge in [0.25, 0.3) is 5.56 Å². The summed E-state index contributed by atoms with van der Waals surface area (Å²) >= 11 is 7.62. The third kappa shape index (κ3) is 4.17. The van der Waals surface area contributed by atoms with Crippen LogP contribution in [-0.4, -0.2) is 19.7 Å². The van der Waals surface area contributed by atoms with Gasteiger partial charge in [-0.2, -0.15) is 4.98 Å². The second-order valence-corrected chi connectivity index (χ2v) is 8.42. The van der Waals surface area contributed by atoms with Crippen molar-refractivity contribution >= 4 is 34.3 Å². The number of benzene rings is 3. The summed E-state index contributed by atoms with van der Waals surface area (Å²) in [5.41, 5.74) is 2.31. The monoisotopic (exact) mass is 460 g/mol. The quantitative estimate of drug-likeness (QED) is 0.248. The van der Waals surface area contributed by atoms with Crippen molar-refractivity contribution in [2.75, 3.05) is 0 Å². The van der Waals surface area contributed by atoms with E-state index in [-0.39, 0.29) is 5.56 Å². The Morgan fingerprint density at radius 1 is 0.906 bits per heavy atom. The van der Waals surface area contributed by atoms with Gasteiger partial charge in [0, 0.05) is 5.56 Å². The molecule has 0 spiro atoms. The van der Waals surface area contributed by atoms with E-state index >= 15 is 0 Å². The number of aromatic nitrogens is 4. The lowest BCUT2D eigenvalue weighted by Gasteiger charge is -2.12. The first-order valence-electron chi connectivity index (χ1n) is 9.93. The lowest BCUT2D eigenvalue weighted by Crippen LogP contribution is -2.24. The second kappa shape index (κ2) is 8.98.